The topological polar surface area (TPSA) is 32.3 Å². The van der Waals surface area contributed by atoms with Crippen LogP contribution in [0.3, 0.4) is 0 Å². The number of rotatable bonds is 10. The van der Waals surface area contributed by atoms with Gasteiger partial charge < -0.3 is 10.4 Å². The first-order valence-electron chi connectivity index (χ1n) is 5.34. The van der Waals surface area contributed by atoms with Crippen LogP contribution in [-0.4, -0.2) is 35.8 Å². The van der Waals surface area contributed by atoms with Crippen LogP contribution in [0, 0.1) is 0 Å². The van der Waals surface area contributed by atoms with E-state index in [1.54, 1.807) is 0 Å². The molecular weight excluding hydrogens is 194 g/mol. The number of aliphatic hydroxyl groups is 1. The molecule has 1 atom stereocenters. The summed E-state index contributed by atoms with van der Waals surface area (Å²) in [6.45, 7) is 7.30. The lowest BCUT2D eigenvalue weighted by Gasteiger charge is -2.12. The predicted molar refractivity (Wildman–Crippen MR) is 65.9 cm³/mol. The van der Waals surface area contributed by atoms with Gasteiger partial charge in [0.25, 0.3) is 0 Å². The summed E-state index contributed by atoms with van der Waals surface area (Å²) in [6.07, 6.45) is 5.14. The summed E-state index contributed by atoms with van der Waals surface area (Å²) in [5.41, 5.74) is 0. The minimum absolute atomic E-state index is 0.316. The monoisotopic (exact) mass is 217 g/mol. The van der Waals surface area contributed by atoms with E-state index in [4.69, 9.17) is 5.11 Å². The third-order valence-electron chi connectivity index (χ3n) is 1.99. The molecule has 1 unspecified atom stereocenters. The second kappa shape index (κ2) is 11.1. The van der Waals surface area contributed by atoms with Crippen molar-refractivity contribution in [2.45, 2.75) is 32.2 Å². The van der Waals surface area contributed by atoms with Crippen molar-refractivity contribution >= 4 is 11.8 Å². The summed E-state index contributed by atoms with van der Waals surface area (Å²) in [5.74, 6) is 2.21. The van der Waals surface area contributed by atoms with Crippen molar-refractivity contribution in [3.05, 3.63) is 12.7 Å². The van der Waals surface area contributed by atoms with Crippen LogP contribution in [0.1, 0.15) is 26.2 Å². The molecule has 0 aromatic rings. The maximum Gasteiger partial charge on any atom is 0.0438 e. The SMILES string of the molecule is C=CCCC(C)NCCSCCCO. The van der Waals surface area contributed by atoms with Crippen molar-refractivity contribution in [2.75, 3.05) is 24.7 Å². The molecule has 0 aliphatic rings. The summed E-state index contributed by atoms with van der Waals surface area (Å²) in [6, 6.07) is 0.589. The van der Waals surface area contributed by atoms with Gasteiger partial charge in [0.2, 0.25) is 0 Å². The molecule has 0 saturated heterocycles. The minimum atomic E-state index is 0.316. The zero-order chi connectivity index (χ0) is 10.6. The number of hydrogen-bond acceptors (Lipinski definition) is 3. The summed E-state index contributed by atoms with van der Waals surface area (Å²) in [7, 11) is 0. The summed E-state index contributed by atoms with van der Waals surface area (Å²) in [4.78, 5) is 0. The van der Waals surface area contributed by atoms with Gasteiger partial charge in [-0.25, -0.2) is 0 Å². The smallest absolute Gasteiger partial charge is 0.0438 e. The van der Waals surface area contributed by atoms with E-state index < -0.39 is 0 Å². The van der Waals surface area contributed by atoms with Gasteiger partial charge in [-0.05, 0) is 31.9 Å². The molecule has 14 heavy (non-hydrogen) atoms. The Bertz CT molecular complexity index is 130. The molecule has 0 rings (SSSR count). The molecule has 0 spiro atoms. The van der Waals surface area contributed by atoms with E-state index >= 15 is 0 Å². The number of allylic oxidation sites excluding steroid dienone is 1. The van der Waals surface area contributed by atoms with Gasteiger partial charge in [0.05, 0.1) is 0 Å². The van der Waals surface area contributed by atoms with Crippen LogP contribution >= 0.6 is 11.8 Å². The normalized spacial score (nSPS) is 12.7. The first-order valence-corrected chi connectivity index (χ1v) is 6.49. The fraction of sp³-hybridized carbons (Fsp3) is 0.818. The average Bonchev–Trinajstić information content (AvgIpc) is 2.20. The summed E-state index contributed by atoms with van der Waals surface area (Å²) < 4.78 is 0. The largest absolute Gasteiger partial charge is 0.396 e. The van der Waals surface area contributed by atoms with Gasteiger partial charge in [-0.3, -0.25) is 0 Å². The fourth-order valence-corrected chi connectivity index (χ4v) is 1.92. The van der Waals surface area contributed by atoms with Crippen LogP contribution in [-0.2, 0) is 0 Å². The van der Waals surface area contributed by atoms with E-state index in [1.807, 2.05) is 17.8 Å². The van der Waals surface area contributed by atoms with E-state index in [0.29, 0.717) is 12.6 Å². The third kappa shape index (κ3) is 10.1. The van der Waals surface area contributed by atoms with Crippen molar-refractivity contribution in [1.29, 1.82) is 0 Å². The van der Waals surface area contributed by atoms with Crippen molar-refractivity contribution in [3.63, 3.8) is 0 Å². The van der Waals surface area contributed by atoms with E-state index in [-0.39, 0.29) is 0 Å². The molecule has 0 radical (unpaired) electrons. The zero-order valence-electron chi connectivity index (χ0n) is 9.17. The molecule has 0 heterocycles. The van der Waals surface area contributed by atoms with Crippen LogP contribution < -0.4 is 5.32 Å². The lowest BCUT2D eigenvalue weighted by molar-refractivity contribution is 0.296. The second-order valence-corrected chi connectivity index (χ2v) is 4.64. The Hall–Kier alpha value is 0.01000. The molecular formula is C11H23NOS. The van der Waals surface area contributed by atoms with Gasteiger partial charge >= 0.3 is 0 Å². The van der Waals surface area contributed by atoms with Gasteiger partial charge in [0, 0.05) is 24.9 Å². The number of hydrogen-bond donors (Lipinski definition) is 2. The molecule has 0 aromatic heterocycles. The van der Waals surface area contributed by atoms with Gasteiger partial charge in [0.1, 0.15) is 0 Å². The van der Waals surface area contributed by atoms with Crippen LogP contribution in [0.2, 0.25) is 0 Å². The standard InChI is InChI=1S/C11H23NOS/c1-3-4-6-11(2)12-7-10-14-9-5-8-13/h3,11-13H,1,4-10H2,2H3. The van der Waals surface area contributed by atoms with Crippen LogP contribution in [0.15, 0.2) is 12.7 Å². The van der Waals surface area contributed by atoms with Gasteiger partial charge in [-0.2, -0.15) is 11.8 Å². The maximum absolute atomic E-state index is 8.57. The highest BCUT2D eigenvalue weighted by Gasteiger charge is 1.98. The first kappa shape index (κ1) is 14.0. The highest BCUT2D eigenvalue weighted by molar-refractivity contribution is 7.99. The fourth-order valence-electron chi connectivity index (χ4n) is 1.12. The third-order valence-corrected chi connectivity index (χ3v) is 3.06. The first-order chi connectivity index (χ1) is 6.81. The van der Waals surface area contributed by atoms with Gasteiger partial charge in [-0.1, -0.05) is 6.08 Å². The van der Waals surface area contributed by atoms with Crippen LogP contribution in [0.4, 0.5) is 0 Å². The Labute approximate surface area is 92.2 Å². The molecule has 2 N–H and O–H groups in total. The Morgan fingerprint density at radius 1 is 1.50 bits per heavy atom. The van der Waals surface area contributed by atoms with Crippen LogP contribution in [0.25, 0.3) is 0 Å². The van der Waals surface area contributed by atoms with Crippen molar-refractivity contribution in [3.8, 4) is 0 Å². The molecule has 84 valence electrons. The Morgan fingerprint density at radius 2 is 2.29 bits per heavy atom. The quantitative estimate of drug-likeness (QED) is 0.434. The van der Waals surface area contributed by atoms with Gasteiger partial charge in [-0.15, -0.1) is 6.58 Å². The predicted octanol–water partition coefficient (Wildman–Crippen LogP) is 2.05. The highest BCUT2D eigenvalue weighted by Crippen LogP contribution is 2.01. The van der Waals surface area contributed by atoms with E-state index in [2.05, 4.69) is 18.8 Å². The van der Waals surface area contributed by atoms with Crippen molar-refractivity contribution < 1.29 is 5.11 Å². The molecule has 0 aromatic carbocycles. The Balaban J connectivity index is 3.06. The lowest BCUT2D eigenvalue weighted by Crippen LogP contribution is -2.28. The second-order valence-electron chi connectivity index (χ2n) is 3.41. The molecule has 2 nitrogen and oxygen atoms in total. The van der Waals surface area contributed by atoms with E-state index in [9.17, 15) is 0 Å². The van der Waals surface area contributed by atoms with E-state index in [0.717, 1.165) is 30.9 Å². The highest BCUT2D eigenvalue weighted by atomic mass is 32.2. The molecule has 0 amide bonds. The molecule has 0 fully saturated rings. The Morgan fingerprint density at radius 3 is 2.93 bits per heavy atom. The zero-order valence-corrected chi connectivity index (χ0v) is 9.98. The Kier molecular flexibility index (Phi) is 11.1. The lowest BCUT2D eigenvalue weighted by atomic mass is 10.2. The number of thioether (sulfide) groups is 1. The van der Waals surface area contributed by atoms with E-state index in [1.165, 1.54) is 6.42 Å². The molecule has 3 heteroatoms. The molecule has 0 saturated carbocycles. The maximum atomic E-state index is 8.57. The molecule has 0 aliphatic heterocycles. The summed E-state index contributed by atoms with van der Waals surface area (Å²) in [5, 5.41) is 12.0. The average molecular weight is 217 g/mol. The summed E-state index contributed by atoms with van der Waals surface area (Å²) >= 11 is 1.90. The molecule has 0 aliphatic carbocycles. The molecule has 0 bridgehead atoms. The minimum Gasteiger partial charge on any atom is -0.396 e. The van der Waals surface area contributed by atoms with Gasteiger partial charge in [0.15, 0.2) is 0 Å². The van der Waals surface area contributed by atoms with Crippen molar-refractivity contribution in [1.82, 2.24) is 5.32 Å². The number of nitrogens with one attached hydrogen (secondary N) is 1. The number of aliphatic hydroxyl groups excluding tert-OH is 1. The van der Waals surface area contributed by atoms with Crippen LogP contribution in [0.5, 0.6) is 0 Å². The van der Waals surface area contributed by atoms with Crippen molar-refractivity contribution in [2.24, 2.45) is 0 Å².